The van der Waals surface area contributed by atoms with Crippen LogP contribution in [-0.2, 0) is 0 Å². The van der Waals surface area contributed by atoms with Gasteiger partial charge in [-0.05, 0) is 33.4 Å². The van der Waals surface area contributed by atoms with Crippen LogP contribution >= 0.6 is 0 Å². The highest BCUT2D eigenvalue weighted by Crippen LogP contribution is 2.32. The number of hydrogen-bond acceptors (Lipinski definition) is 4. The van der Waals surface area contributed by atoms with Gasteiger partial charge in [-0.25, -0.2) is 0 Å². The van der Waals surface area contributed by atoms with Crippen LogP contribution in [0.25, 0.3) is 0 Å². The topological polar surface area (TPSA) is 13.0 Å². The summed E-state index contributed by atoms with van der Waals surface area (Å²) in [4.78, 5) is 10.7. The lowest BCUT2D eigenvalue weighted by atomic mass is 9.87. The van der Waals surface area contributed by atoms with Gasteiger partial charge in [0.1, 0.15) is 0 Å². The summed E-state index contributed by atoms with van der Waals surface area (Å²) in [6.07, 6.45) is 4.32. The summed E-state index contributed by atoms with van der Waals surface area (Å²) in [5.41, 5.74) is 0. The second-order valence-electron chi connectivity index (χ2n) is 7.32. The van der Waals surface area contributed by atoms with Crippen LogP contribution in [0, 0.1) is 0 Å². The Balaban J connectivity index is 1.30. The van der Waals surface area contributed by atoms with Crippen LogP contribution < -0.4 is 0 Å². The molecule has 6 rings (SSSR count). The van der Waals surface area contributed by atoms with Crippen molar-refractivity contribution in [1.29, 1.82) is 0 Å². The number of piperidine rings is 3. The lowest BCUT2D eigenvalue weighted by Gasteiger charge is -2.57. The normalized spacial score (nSPS) is 44.5. The molecule has 6 aliphatic heterocycles. The number of likely N-dealkylation sites (N-methyl/N-ethyl adjacent to an activating group) is 2. The summed E-state index contributed by atoms with van der Waals surface area (Å²) in [6, 6.07) is 3.42. The van der Waals surface area contributed by atoms with Crippen molar-refractivity contribution < 1.29 is 0 Å². The smallest absolute Gasteiger partial charge is 0.0242 e. The van der Waals surface area contributed by atoms with Gasteiger partial charge >= 0.3 is 0 Å². The van der Waals surface area contributed by atoms with E-state index in [0.29, 0.717) is 0 Å². The zero-order chi connectivity index (χ0) is 13.0. The van der Waals surface area contributed by atoms with Crippen LogP contribution in [0.4, 0.5) is 0 Å². The van der Waals surface area contributed by atoms with Crippen molar-refractivity contribution in [2.75, 3.05) is 53.4 Å². The number of fused-ring (bicyclic) bond motifs is 5. The summed E-state index contributed by atoms with van der Waals surface area (Å²) in [6.45, 7) is 7.85. The van der Waals surface area contributed by atoms with Gasteiger partial charge in [0.2, 0.25) is 0 Å². The summed E-state index contributed by atoms with van der Waals surface area (Å²) >= 11 is 0. The molecule has 0 spiro atoms. The van der Waals surface area contributed by atoms with E-state index in [9.17, 15) is 0 Å². The Labute approximate surface area is 117 Å². The van der Waals surface area contributed by atoms with E-state index in [1.165, 1.54) is 58.5 Å². The molecule has 0 amide bonds. The fourth-order valence-electron chi connectivity index (χ4n) is 4.91. The highest BCUT2D eigenvalue weighted by atomic mass is 15.4. The Morgan fingerprint density at radius 2 is 1.53 bits per heavy atom. The molecule has 4 heteroatoms. The van der Waals surface area contributed by atoms with Gasteiger partial charge in [0, 0.05) is 63.4 Å². The molecule has 6 saturated heterocycles. The maximum atomic E-state index is 2.78. The van der Waals surface area contributed by atoms with E-state index in [4.69, 9.17) is 0 Å². The molecule has 108 valence electrons. The fourth-order valence-corrected chi connectivity index (χ4v) is 4.91. The molecular weight excluding hydrogens is 236 g/mol. The minimum absolute atomic E-state index is 0.840. The SMILES string of the molecule is CN1CC2CC(C1)N2CCN1CC2CCC1CN2C. The van der Waals surface area contributed by atoms with Gasteiger partial charge in [0.15, 0.2) is 0 Å². The molecule has 0 aliphatic carbocycles. The zero-order valence-electron chi connectivity index (χ0n) is 12.5. The summed E-state index contributed by atoms with van der Waals surface area (Å²) < 4.78 is 0. The monoisotopic (exact) mass is 264 g/mol. The molecule has 19 heavy (non-hydrogen) atoms. The lowest BCUT2D eigenvalue weighted by molar-refractivity contribution is -0.0754. The molecule has 4 unspecified atom stereocenters. The van der Waals surface area contributed by atoms with Gasteiger partial charge in [-0.2, -0.15) is 0 Å². The average Bonchev–Trinajstić information content (AvgIpc) is 2.39. The van der Waals surface area contributed by atoms with E-state index >= 15 is 0 Å². The first kappa shape index (κ1) is 12.6. The maximum Gasteiger partial charge on any atom is 0.0242 e. The third-order valence-electron chi connectivity index (χ3n) is 6.09. The van der Waals surface area contributed by atoms with Crippen molar-refractivity contribution in [3.05, 3.63) is 0 Å². The van der Waals surface area contributed by atoms with Crippen LogP contribution in [-0.4, -0.2) is 97.1 Å². The zero-order valence-corrected chi connectivity index (χ0v) is 12.5. The first-order valence-electron chi connectivity index (χ1n) is 8.09. The van der Waals surface area contributed by atoms with E-state index in [2.05, 4.69) is 33.7 Å². The van der Waals surface area contributed by atoms with Crippen molar-refractivity contribution in [2.45, 2.75) is 43.4 Å². The van der Waals surface area contributed by atoms with E-state index < -0.39 is 0 Å². The fraction of sp³-hybridized carbons (Fsp3) is 1.00. The van der Waals surface area contributed by atoms with Crippen molar-refractivity contribution in [2.24, 2.45) is 0 Å². The first-order chi connectivity index (χ1) is 9.20. The lowest BCUT2D eigenvalue weighted by Crippen LogP contribution is -2.69. The molecule has 6 aliphatic rings. The van der Waals surface area contributed by atoms with E-state index in [-0.39, 0.29) is 0 Å². The molecule has 4 bridgehead atoms. The molecule has 0 saturated carbocycles. The van der Waals surface area contributed by atoms with Crippen LogP contribution in [0.1, 0.15) is 19.3 Å². The van der Waals surface area contributed by atoms with Crippen molar-refractivity contribution in [1.82, 2.24) is 19.6 Å². The van der Waals surface area contributed by atoms with E-state index in [1.54, 1.807) is 0 Å². The van der Waals surface area contributed by atoms with Gasteiger partial charge < -0.3 is 9.80 Å². The third-order valence-corrected chi connectivity index (χ3v) is 6.09. The Kier molecular flexibility index (Phi) is 3.10. The third kappa shape index (κ3) is 2.13. The highest BCUT2D eigenvalue weighted by Gasteiger charge is 2.44. The number of hydrogen-bond donors (Lipinski definition) is 0. The second kappa shape index (κ2) is 4.69. The molecule has 0 aromatic carbocycles. The maximum absolute atomic E-state index is 2.78. The van der Waals surface area contributed by atoms with Crippen LogP contribution in [0.3, 0.4) is 0 Å². The second-order valence-corrected chi connectivity index (χ2v) is 7.32. The number of nitrogens with zero attached hydrogens (tertiary/aromatic N) is 4. The number of piperazine rings is 2. The highest BCUT2D eigenvalue weighted by molar-refractivity contribution is 5.01. The van der Waals surface area contributed by atoms with E-state index in [0.717, 1.165) is 24.2 Å². The summed E-state index contributed by atoms with van der Waals surface area (Å²) in [5.74, 6) is 0. The molecule has 0 aromatic rings. The van der Waals surface area contributed by atoms with Crippen LogP contribution in [0.5, 0.6) is 0 Å². The minimum atomic E-state index is 0.840. The van der Waals surface area contributed by atoms with Crippen molar-refractivity contribution >= 4 is 0 Å². The van der Waals surface area contributed by atoms with Gasteiger partial charge in [-0.15, -0.1) is 0 Å². The van der Waals surface area contributed by atoms with Gasteiger partial charge in [0.25, 0.3) is 0 Å². The van der Waals surface area contributed by atoms with E-state index in [1.807, 2.05) is 0 Å². The van der Waals surface area contributed by atoms with Gasteiger partial charge in [-0.3, -0.25) is 9.80 Å². The van der Waals surface area contributed by atoms with Crippen molar-refractivity contribution in [3.8, 4) is 0 Å². The number of rotatable bonds is 3. The minimum Gasteiger partial charge on any atom is -0.303 e. The summed E-state index contributed by atoms with van der Waals surface area (Å²) in [7, 11) is 4.58. The quantitative estimate of drug-likeness (QED) is 0.719. The van der Waals surface area contributed by atoms with Crippen LogP contribution in [0.2, 0.25) is 0 Å². The summed E-state index contributed by atoms with van der Waals surface area (Å²) in [5, 5.41) is 0. The van der Waals surface area contributed by atoms with Gasteiger partial charge in [-0.1, -0.05) is 0 Å². The molecule has 4 nitrogen and oxygen atoms in total. The van der Waals surface area contributed by atoms with Crippen LogP contribution in [0.15, 0.2) is 0 Å². The predicted molar refractivity (Wildman–Crippen MR) is 77.4 cm³/mol. The molecule has 0 N–H and O–H groups in total. The Morgan fingerprint density at radius 1 is 0.789 bits per heavy atom. The predicted octanol–water partition coefficient (Wildman–Crippen LogP) is 0.153. The first-order valence-corrected chi connectivity index (χ1v) is 8.09. The average molecular weight is 264 g/mol. The molecule has 0 aromatic heterocycles. The molecule has 0 radical (unpaired) electrons. The molecule has 6 fully saturated rings. The standard InChI is InChI=1S/C15H28N4/c1-16-8-14-7-15(9-16)19(14)6-5-18-11-12-3-4-13(18)10-17(12)2/h12-15H,3-11H2,1-2H3. The molecule has 6 heterocycles. The largest absolute Gasteiger partial charge is 0.303 e. The Hall–Kier alpha value is -0.160. The molecular formula is C15H28N4. The Bertz CT molecular complexity index is 335. The molecule has 4 atom stereocenters. The van der Waals surface area contributed by atoms with Crippen molar-refractivity contribution in [3.63, 3.8) is 0 Å². The van der Waals surface area contributed by atoms with Gasteiger partial charge in [0.05, 0.1) is 0 Å². The Morgan fingerprint density at radius 3 is 2.16 bits per heavy atom.